The molecule has 1 nitrogen and oxygen atoms in total. The van der Waals surface area contributed by atoms with E-state index in [1.807, 2.05) is 6.08 Å². The maximum absolute atomic E-state index is 3.80. The summed E-state index contributed by atoms with van der Waals surface area (Å²) in [6.07, 6.45) is 6.47. The third kappa shape index (κ3) is 2.57. The van der Waals surface area contributed by atoms with Crippen LogP contribution in [0.25, 0.3) is 6.08 Å². The van der Waals surface area contributed by atoms with Gasteiger partial charge in [-0.15, -0.1) is 6.58 Å². The predicted octanol–water partition coefficient (Wildman–Crippen LogP) is 3.01. The van der Waals surface area contributed by atoms with Gasteiger partial charge < -0.3 is 5.32 Å². The number of hydrogen-bond donors (Lipinski definition) is 1. The molecule has 1 saturated heterocycles. The largest absolute Gasteiger partial charge is 0.310 e. The second kappa shape index (κ2) is 4.94. The van der Waals surface area contributed by atoms with Gasteiger partial charge in [0.05, 0.1) is 0 Å². The summed E-state index contributed by atoms with van der Waals surface area (Å²) in [6.45, 7) is 4.89. The summed E-state index contributed by atoms with van der Waals surface area (Å²) < 4.78 is 0. The highest BCUT2D eigenvalue weighted by Crippen LogP contribution is 2.20. The lowest BCUT2D eigenvalue weighted by Gasteiger charge is -2.09. The van der Waals surface area contributed by atoms with Crippen molar-refractivity contribution in [2.45, 2.75) is 18.9 Å². The van der Waals surface area contributed by atoms with Crippen LogP contribution in [0.4, 0.5) is 0 Å². The van der Waals surface area contributed by atoms with Crippen LogP contribution in [0.15, 0.2) is 48.6 Å². The van der Waals surface area contributed by atoms with E-state index in [0.29, 0.717) is 6.04 Å². The van der Waals surface area contributed by atoms with Crippen LogP contribution in [0.1, 0.15) is 18.4 Å². The lowest BCUT2D eigenvalue weighted by atomic mass is 10.0. The Morgan fingerprint density at radius 2 is 2.13 bits per heavy atom. The Morgan fingerprint density at radius 3 is 2.87 bits per heavy atom. The van der Waals surface area contributed by atoms with E-state index in [-0.39, 0.29) is 0 Å². The summed E-state index contributed by atoms with van der Waals surface area (Å²) in [7, 11) is 0. The maximum atomic E-state index is 3.80. The monoisotopic (exact) mass is 199 g/mol. The second-order valence-electron chi connectivity index (χ2n) is 3.91. The molecule has 78 valence electrons. The Bertz CT molecular complexity index is 351. The van der Waals surface area contributed by atoms with Crippen LogP contribution in [-0.2, 0) is 0 Å². The molecule has 0 saturated carbocycles. The molecular weight excluding hydrogens is 182 g/mol. The zero-order valence-corrected chi connectivity index (χ0v) is 8.95. The standard InChI is InChI=1S/C14H17N/c1-2-6-14-13(9-10-15-14)11-12-7-4-3-5-8-12/h2-5,7-8,11,14-15H,1,6,9-10H2/b13-11+. The van der Waals surface area contributed by atoms with E-state index in [4.69, 9.17) is 0 Å². The SMILES string of the molecule is C=CCC1NCC/C1=C\c1ccccc1. The van der Waals surface area contributed by atoms with E-state index < -0.39 is 0 Å². The minimum Gasteiger partial charge on any atom is -0.310 e. The molecule has 0 aromatic heterocycles. The number of nitrogens with one attached hydrogen (secondary N) is 1. The molecule has 1 aliphatic rings. The van der Waals surface area contributed by atoms with Gasteiger partial charge in [-0.1, -0.05) is 48.1 Å². The Kier molecular flexibility index (Phi) is 3.36. The fourth-order valence-electron chi connectivity index (χ4n) is 2.03. The molecule has 1 fully saturated rings. The topological polar surface area (TPSA) is 12.0 Å². The predicted molar refractivity (Wildman–Crippen MR) is 65.6 cm³/mol. The minimum atomic E-state index is 0.503. The lowest BCUT2D eigenvalue weighted by molar-refractivity contribution is 0.675. The molecule has 1 unspecified atom stereocenters. The number of rotatable bonds is 3. The molecule has 2 rings (SSSR count). The van der Waals surface area contributed by atoms with Gasteiger partial charge in [0.1, 0.15) is 0 Å². The second-order valence-corrected chi connectivity index (χ2v) is 3.91. The first-order chi connectivity index (χ1) is 7.40. The molecule has 0 bridgehead atoms. The van der Waals surface area contributed by atoms with Crippen molar-refractivity contribution in [1.82, 2.24) is 5.32 Å². The molecule has 1 aromatic rings. The summed E-state index contributed by atoms with van der Waals surface area (Å²) in [4.78, 5) is 0. The average molecular weight is 199 g/mol. The first-order valence-electron chi connectivity index (χ1n) is 5.50. The van der Waals surface area contributed by atoms with Gasteiger partial charge in [-0.3, -0.25) is 0 Å². The van der Waals surface area contributed by atoms with Crippen molar-refractivity contribution in [3.63, 3.8) is 0 Å². The molecule has 0 aliphatic carbocycles. The van der Waals surface area contributed by atoms with E-state index in [1.165, 1.54) is 11.1 Å². The van der Waals surface area contributed by atoms with Gasteiger partial charge in [0.15, 0.2) is 0 Å². The fourth-order valence-corrected chi connectivity index (χ4v) is 2.03. The summed E-state index contributed by atoms with van der Waals surface area (Å²) in [5.74, 6) is 0. The highest BCUT2D eigenvalue weighted by molar-refractivity contribution is 5.54. The van der Waals surface area contributed by atoms with E-state index >= 15 is 0 Å². The van der Waals surface area contributed by atoms with Crippen LogP contribution in [0.3, 0.4) is 0 Å². The molecule has 1 heterocycles. The van der Waals surface area contributed by atoms with Crippen molar-refractivity contribution in [3.05, 3.63) is 54.1 Å². The molecular formula is C14H17N. The Balaban J connectivity index is 2.15. The third-order valence-corrected chi connectivity index (χ3v) is 2.81. The van der Waals surface area contributed by atoms with Crippen LogP contribution < -0.4 is 5.32 Å². The van der Waals surface area contributed by atoms with Crippen molar-refractivity contribution < 1.29 is 0 Å². The van der Waals surface area contributed by atoms with Crippen LogP contribution >= 0.6 is 0 Å². The molecule has 1 atom stereocenters. The lowest BCUT2D eigenvalue weighted by Crippen LogP contribution is -2.21. The van der Waals surface area contributed by atoms with Crippen LogP contribution in [0.2, 0.25) is 0 Å². The first-order valence-corrected chi connectivity index (χ1v) is 5.50. The van der Waals surface area contributed by atoms with Crippen molar-refractivity contribution >= 4 is 6.08 Å². The van der Waals surface area contributed by atoms with Gasteiger partial charge in [-0.25, -0.2) is 0 Å². The first kappa shape index (κ1) is 10.2. The van der Waals surface area contributed by atoms with Crippen LogP contribution in [-0.4, -0.2) is 12.6 Å². The molecule has 0 amide bonds. The number of hydrogen-bond acceptors (Lipinski definition) is 1. The highest BCUT2D eigenvalue weighted by atomic mass is 14.9. The van der Waals surface area contributed by atoms with Crippen molar-refractivity contribution in [3.8, 4) is 0 Å². The molecule has 1 heteroatoms. The minimum absolute atomic E-state index is 0.503. The van der Waals surface area contributed by atoms with Crippen LogP contribution in [0.5, 0.6) is 0 Å². The van der Waals surface area contributed by atoms with Gasteiger partial charge >= 0.3 is 0 Å². The summed E-state index contributed by atoms with van der Waals surface area (Å²) >= 11 is 0. The normalized spacial score (nSPS) is 23.2. The Hall–Kier alpha value is -1.34. The van der Waals surface area contributed by atoms with Gasteiger partial charge in [-0.2, -0.15) is 0 Å². The van der Waals surface area contributed by atoms with Crippen molar-refractivity contribution in [1.29, 1.82) is 0 Å². The molecule has 1 aromatic carbocycles. The Labute approximate surface area is 91.5 Å². The molecule has 15 heavy (non-hydrogen) atoms. The van der Waals surface area contributed by atoms with Gasteiger partial charge in [-0.05, 0) is 24.9 Å². The summed E-state index contributed by atoms with van der Waals surface area (Å²) in [5.41, 5.74) is 2.80. The van der Waals surface area contributed by atoms with Crippen LogP contribution in [0, 0.1) is 0 Å². The molecule has 0 radical (unpaired) electrons. The highest BCUT2D eigenvalue weighted by Gasteiger charge is 2.17. The zero-order valence-electron chi connectivity index (χ0n) is 8.95. The van der Waals surface area contributed by atoms with Crippen molar-refractivity contribution in [2.24, 2.45) is 0 Å². The molecule has 1 N–H and O–H groups in total. The maximum Gasteiger partial charge on any atom is 0.0317 e. The summed E-state index contributed by atoms with van der Waals surface area (Å²) in [6, 6.07) is 11.0. The van der Waals surface area contributed by atoms with Gasteiger partial charge in [0, 0.05) is 6.04 Å². The number of benzene rings is 1. The molecule has 0 spiro atoms. The smallest absolute Gasteiger partial charge is 0.0317 e. The quantitative estimate of drug-likeness (QED) is 0.738. The van der Waals surface area contributed by atoms with Gasteiger partial charge in [0.25, 0.3) is 0 Å². The molecule has 1 aliphatic heterocycles. The fraction of sp³-hybridized carbons (Fsp3) is 0.286. The Morgan fingerprint density at radius 1 is 1.33 bits per heavy atom. The van der Waals surface area contributed by atoms with Crippen molar-refractivity contribution in [2.75, 3.05) is 6.54 Å². The van der Waals surface area contributed by atoms with E-state index in [1.54, 1.807) is 0 Å². The summed E-state index contributed by atoms with van der Waals surface area (Å²) in [5, 5.41) is 3.49. The van der Waals surface area contributed by atoms with E-state index in [2.05, 4.69) is 48.3 Å². The zero-order chi connectivity index (χ0) is 10.5. The van der Waals surface area contributed by atoms with Gasteiger partial charge in [0.2, 0.25) is 0 Å². The van der Waals surface area contributed by atoms with E-state index in [0.717, 1.165) is 19.4 Å². The average Bonchev–Trinajstić information content (AvgIpc) is 2.68. The van der Waals surface area contributed by atoms with E-state index in [9.17, 15) is 0 Å². The third-order valence-electron chi connectivity index (χ3n) is 2.81.